The first-order valence-corrected chi connectivity index (χ1v) is 8.14. The zero-order valence-electron chi connectivity index (χ0n) is 10.6. The fourth-order valence-corrected chi connectivity index (χ4v) is 4.12. The number of hydrogen-bond donors (Lipinski definition) is 0. The maximum Gasteiger partial charge on any atom is 0.246 e. The summed E-state index contributed by atoms with van der Waals surface area (Å²) in [5.41, 5.74) is 0. The van der Waals surface area contributed by atoms with E-state index in [0.717, 1.165) is 6.07 Å². The maximum absolute atomic E-state index is 13.8. The van der Waals surface area contributed by atoms with Crippen molar-refractivity contribution in [1.82, 2.24) is 4.31 Å². The lowest BCUT2D eigenvalue weighted by atomic mass is 10.3. The predicted octanol–water partition coefficient (Wildman–Crippen LogP) is 2.39. The molecule has 106 valence electrons. The van der Waals surface area contributed by atoms with Crippen LogP contribution >= 0.6 is 15.9 Å². The molecule has 2 atom stereocenters. The smallest absolute Gasteiger partial charge is 0.246 e. The van der Waals surface area contributed by atoms with Crippen LogP contribution in [0, 0.1) is 5.82 Å². The standard InChI is InChI=1S/C12H15BrFNO3S/c1-8-6-15(7-9(2)18-8)19(16,17)12-4-3-10(13)5-11(12)14/h3-5,8-9H,6-7H2,1-2H3. The Kier molecular flexibility index (Phi) is 4.29. The van der Waals surface area contributed by atoms with E-state index in [4.69, 9.17) is 4.74 Å². The van der Waals surface area contributed by atoms with Gasteiger partial charge in [0.25, 0.3) is 0 Å². The molecule has 1 aromatic rings. The Bertz CT molecular complexity index is 568. The van der Waals surface area contributed by atoms with Crippen LogP contribution in [-0.2, 0) is 14.8 Å². The van der Waals surface area contributed by atoms with E-state index in [1.54, 1.807) is 13.8 Å². The first-order chi connectivity index (χ1) is 8.80. The van der Waals surface area contributed by atoms with Crippen LogP contribution in [0.3, 0.4) is 0 Å². The summed E-state index contributed by atoms with van der Waals surface area (Å²) in [6.07, 6.45) is -0.394. The van der Waals surface area contributed by atoms with Crippen molar-refractivity contribution in [3.63, 3.8) is 0 Å². The lowest BCUT2D eigenvalue weighted by molar-refractivity contribution is -0.0441. The normalized spacial score (nSPS) is 25.5. The van der Waals surface area contributed by atoms with E-state index in [1.165, 1.54) is 16.4 Å². The van der Waals surface area contributed by atoms with Crippen LogP contribution in [0.1, 0.15) is 13.8 Å². The summed E-state index contributed by atoms with van der Waals surface area (Å²) < 4.78 is 46.0. The first kappa shape index (κ1) is 14.9. The molecule has 1 aliphatic heterocycles. The fraction of sp³-hybridized carbons (Fsp3) is 0.500. The van der Waals surface area contributed by atoms with Gasteiger partial charge >= 0.3 is 0 Å². The molecule has 4 nitrogen and oxygen atoms in total. The number of benzene rings is 1. The number of hydrogen-bond acceptors (Lipinski definition) is 3. The van der Waals surface area contributed by atoms with Crippen LogP contribution in [0.25, 0.3) is 0 Å². The molecule has 2 rings (SSSR count). The Labute approximate surface area is 120 Å². The number of halogens is 2. The van der Waals surface area contributed by atoms with Crippen molar-refractivity contribution in [3.05, 3.63) is 28.5 Å². The Morgan fingerprint density at radius 1 is 1.32 bits per heavy atom. The van der Waals surface area contributed by atoms with Crippen molar-refractivity contribution in [2.24, 2.45) is 0 Å². The SMILES string of the molecule is CC1CN(S(=O)(=O)c2ccc(Br)cc2F)CC(C)O1. The Morgan fingerprint density at radius 3 is 2.42 bits per heavy atom. The highest BCUT2D eigenvalue weighted by Gasteiger charge is 2.33. The Hall–Kier alpha value is -0.500. The van der Waals surface area contributed by atoms with Gasteiger partial charge in [0.15, 0.2) is 0 Å². The molecule has 0 amide bonds. The maximum atomic E-state index is 13.8. The Balaban J connectivity index is 2.36. The fourth-order valence-electron chi connectivity index (χ4n) is 2.15. The minimum atomic E-state index is -3.82. The summed E-state index contributed by atoms with van der Waals surface area (Å²) in [4.78, 5) is -0.294. The van der Waals surface area contributed by atoms with Crippen molar-refractivity contribution in [1.29, 1.82) is 0 Å². The molecule has 0 bridgehead atoms. The summed E-state index contributed by atoms with van der Waals surface area (Å²) in [5.74, 6) is -0.749. The number of morpholine rings is 1. The van der Waals surface area contributed by atoms with E-state index in [0.29, 0.717) is 4.47 Å². The molecule has 0 N–H and O–H groups in total. The van der Waals surface area contributed by atoms with E-state index < -0.39 is 15.8 Å². The van der Waals surface area contributed by atoms with Crippen molar-refractivity contribution < 1.29 is 17.5 Å². The molecule has 1 aliphatic rings. The molecule has 0 spiro atoms. The average Bonchev–Trinajstić information content (AvgIpc) is 2.26. The monoisotopic (exact) mass is 351 g/mol. The van der Waals surface area contributed by atoms with Crippen LogP contribution in [0.15, 0.2) is 27.6 Å². The lowest BCUT2D eigenvalue weighted by Gasteiger charge is -2.34. The van der Waals surface area contributed by atoms with Crippen molar-refractivity contribution >= 4 is 26.0 Å². The second-order valence-electron chi connectivity index (χ2n) is 4.65. The molecule has 1 aromatic carbocycles. The summed E-state index contributed by atoms with van der Waals surface area (Å²) in [7, 11) is -3.82. The van der Waals surface area contributed by atoms with E-state index in [1.807, 2.05) is 0 Å². The summed E-state index contributed by atoms with van der Waals surface area (Å²) >= 11 is 3.11. The van der Waals surface area contributed by atoms with Gasteiger partial charge in [0.2, 0.25) is 10.0 Å². The first-order valence-electron chi connectivity index (χ1n) is 5.91. The van der Waals surface area contributed by atoms with Gasteiger partial charge in [0, 0.05) is 17.6 Å². The molecule has 1 fully saturated rings. The molecule has 1 saturated heterocycles. The second kappa shape index (κ2) is 5.47. The number of sulfonamides is 1. The third kappa shape index (κ3) is 3.16. The molecule has 1 heterocycles. The third-order valence-corrected chi connectivity index (χ3v) is 5.26. The molecule has 0 aromatic heterocycles. The largest absolute Gasteiger partial charge is 0.373 e. The van der Waals surface area contributed by atoms with Gasteiger partial charge in [-0.2, -0.15) is 4.31 Å². The van der Waals surface area contributed by atoms with E-state index >= 15 is 0 Å². The second-order valence-corrected chi connectivity index (χ2v) is 7.48. The highest BCUT2D eigenvalue weighted by molar-refractivity contribution is 9.10. The lowest BCUT2D eigenvalue weighted by Crippen LogP contribution is -2.48. The quantitative estimate of drug-likeness (QED) is 0.821. The van der Waals surface area contributed by atoms with Gasteiger partial charge in [-0.05, 0) is 32.0 Å². The van der Waals surface area contributed by atoms with E-state index in [-0.39, 0.29) is 30.2 Å². The highest BCUT2D eigenvalue weighted by Crippen LogP contribution is 2.25. The Morgan fingerprint density at radius 2 is 1.89 bits per heavy atom. The molecule has 0 aliphatic carbocycles. The number of ether oxygens (including phenoxy) is 1. The molecule has 0 radical (unpaired) electrons. The molecule has 0 saturated carbocycles. The third-order valence-electron chi connectivity index (χ3n) is 2.90. The van der Waals surface area contributed by atoms with Crippen molar-refractivity contribution in [2.45, 2.75) is 31.0 Å². The van der Waals surface area contributed by atoms with Crippen LogP contribution < -0.4 is 0 Å². The zero-order valence-corrected chi connectivity index (χ0v) is 13.0. The zero-order chi connectivity index (χ0) is 14.2. The average molecular weight is 352 g/mol. The summed E-state index contributed by atoms with van der Waals surface area (Å²) in [5, 5.41) is 0. The molecule has 2 unspecified atom stereocenters. The van der Waals surface area contributed by atoms with Crippen molar-refractivity contribution in [3.8, 4) is 0 Å². The van der Waals surface area contributed by atoms with E-state index in [9.17, 15) is 12.8 Å². The van der Waals surface area contributed by atoms with Gasteiger partial charge in [-0.1, -0.05) is 15.9 Å². The summed E-state index contributed by atoms with van der Waals surface area (Å²) in [6.45, 7) is 4.08. The van der Waals surface area contributed by atoms with Gasteiger partial charge < -0.3 is 4.74 Å². The van der Waals surface area contributed by atoms with E-state index in [2.05, 4.69) is 15.9 Å². The van der Waals surface area contributed by atoms with Gasteiger partial charge in [0.1, 0.15) is 10.7 Å². The summed E-state index contributed by atoms with van der Waals surface area (Å²) in [6, 6.07) is 3.95. The van der Waals surface area contributed by atoms with Gasteiger partial charge in [0.05, 0.1) is 12.2 Å². The van der Waals surface area contributed by atoms with Crippen molar-refractivity contribution in [2.75, 3.05) is 13.1 Å². The minimum absolute atomic E-state index is 0.197. The predicted molar refractivity (Wildman–Crippen MR) is 72.9 cm³/mol. The van der Waals surface area contributed by atoms with Crippen LogP contribution in [-0.4, -0.2) is 38.0 Å². The van der Waals surface area contributed by atoms with Gasteiger partial charge in [-0.3, -0.25) is 0 Å². The number of rotatable bonds is 2. The number of nitrogens with zero attached hydrogens (tertiary/aromatic N) is 1. The van der Waals surface area contributed by atoms with Crippen LogP contribution in [0.2, 0.25) is 0 Å². The van der Waals surface area contributed by atoms with Gasteiger partial charge in [-0.15, -0.1) is 0 Å². The molecular formula is C12H15BrFNO3S. The van der Waals surface area contributed by atoms with Crippen LogP contribution in [0.4, 0.5) is 4.39 Å². The topological polar surface area (TPSA) is 46.6 Å². The molecule has 7 heteroatoms. The highest BCUT2D eigenvalue weighted by atomic mass is 79.9. The molecular weight excluding hydrogens is 337 g/mol. The van der Waals surface area contributed by atoms with Gasteiger partial charge in [-0.25, -0.2) is 12.8 Å². The minimum Gasteiger partial charge on any atom is -0.373 e. The van der Waals surface area contributed by atoms with Crippen LogP contribution in [0.5, 0.6) is 0 Å². The molecule has 19 heavy (non-hydrogen) atoms.